The zero-order valence-electron chi connectivity index (χ0n) is 10.1. The summed E-state index contributed by atoms with van der Waals surface area (Å²) < 4.78 is 1.10. The highest BCUT2D eigenvalue weighted by atomic mass is 79.9. The second-order valence-electron chi connectivity index (χ2n) is 4.37. The highest BCUT2D eigenvalue weighted by molar-refractivity contribution is 9.10. The summed E-state index contributed by atoms with van der Waals surface area (Å²) in [6.45, 7) is 0. The Kier molecular flexibility index (Phi) is 3.66. The van der Waals surface area contributed by atoms with Crippen LogP contribution in [-0.2, 0) is 0 Å². The summed E-state index contributed by atoms with van der Waals surface area (Å²) in [6.07, 6.45) is 0. The number of nitrogens with one attached hydrogen (secondary N) is 1. The first kappa shape index (κ1) is 12.8. The predicted octanol–water partition coefficient (Wildman–Crippen LogP) is 4.22. The van der Waals surface area contributed by atoms with Gasteiger partial charge in [0.2, 0.25) is 0 Å². The number of hydrogen-bond donors (Lipinski definition) is 2. The van der Waals surface area contributed by atoms with E-state index >= 15 is 0 Å². The number of thiophene rings is 1. The molecule has 0 saturated carbocycles. The third kappa shape index (κ3) is 2.58. The molecule has 0 aliphatic carbocycles. The van der Waals surface area contributed by atoms with Gasteiger partial charge in [0.05, 0.1) is 6.04 Å². The van der Waals surface area contributed by atoms with Crippen molar-refractivity contribution >= 4 is 38.0 Å². The van der Waals surface area contributed by atoms with Crippen LogP contribution in [0.1, 0.15) is 16.5 Å². The van der Waals surface area contributed by atoms with Crippen LogP contribution >= 0.6 is 27.3 Å². The van der Waals surface area contributed by atoms with E-state index in [0.29, 0.717) is 0 Å². The summed E-state index contributed by atoms with van der Waals surface area (Å²) >= 11 is 5.20. The fraction of sp³-hybridized carbons (Fsp3) is 0.0667. The number of benzene rings is 2. The Bertz CT molecular complexity index is 694. The van der Waals surface area contributed by atoms with Gasteiger partial charge in [0.15, 0.2) is 0 Å². The van der Waals surface area contributed by atoms with Crippen molar-refractivity contribution < 1.29 is 0 Å². The molecule has 1 heterocycles. The molecule has 0 radical (unpaired) electrons. The number of rotatable bonds is 3. The smallest absolute Gasteiger partial charge is 0.0802 e. The number of fused-ring (bicyclic) bond motifs is 1. The van der Waals surface area contributed by atoms with E-state index < -0.39 is 0 Å². The molecule has 2 nitrogen and oxygen atoms in total. The van der Waals surface area contributed by atoms with Crippen molar-refractivity contribution in [3.8, 4) is 0 Å². The van der Waals surface area contributed by atoms with Gasteiger partial charge in [-0.2, -0.15) is 0 Å². The van der Waals surface area contributed by atoms with Gasteiger partial charge in [0.25, 0.3) is 0 Å². The Labute approximate surface area is 124 Å². The van der Waals surface area contributed by atoms with Gasteiger partial charge >= 0.3 is 0 Å². The lowest BCUT2D eigenvalue weighted by Gasteiger charge is -2.15. The monoisotopic (exact) mass is 332 g/mol. The maximum atomic E-state index is 5.71. The Morgan fingerprint density at radius 2 is 1.84 bits per heavy atom. The third-order valence-corrected chi connectivity index (χ3v) is 4.58. The molecule has 3 rings (SSSR count). The molecular formula is C15H13BrN2S. The molecule has 1 atom stereocenters. The van der Waals surface area contributed by atoms with Gasteiger partial charge in [-0.1, -0.05) is 40.2 Å². The summed E-state index contributed by atoms with van der Waals surface area (Å²) in [5, 5.41) is 4.51. The Morgan fingerprint density at radius 3 is 2.58 bits per heavy atom. The topological polar surface area (TPSA) is 38.0 Å². The summed E-state index contributed by atoms with van der Waals surface area (Å²) in [5.41, 5.74) is 4.08. The fourth-order valence-electron chi connectivity index (χ4n) is 2.21. The molecule has 0 aliphatic heterocycles. The molecule has 1 unspecified atom stereocenters. The average molecular weight is 333 g/mol. The van der Waals surface area contributed by atoms with Gasteiger partial charge < -0.3 is 0 Å². The van der Waals surface area contributed by atoms with E-state index in [1.54, 1.807) is 11.3 Å². The van der Waals surface area contributed by atoms with Crippen LogP contribution in [-0.4, -0.2) is 0 Å². The summed E-state index contributed by atoms with van der Waals surface area (Å²) in [6, 6.07) is 16.9. The van der Waals surface area contributed by atoms with Crippen molar-refractivity contribution in [3.05, 3.63) is 68.8 Å². The average Bonchev–Trinajstić information content (AvgIpc) is 2.93. The van der Waals surface area contributed by atoms with Crippen molar-refractivity contribution in [2.24, 2.45) is 5.84 Å². The maximum Gasteiger partial charge on any atom is 0.0802 e. The van der Waals surface area contributed by atoms with Crippen LogP contribution in [0.5, 0.6) is 0 Å². The minimum Gasteiger partial charge on any atom is -0.271 e. The predicted molar refractivity (Wildman–Crippen MR) is 85.1 cm³/mol. The highest BCUT2D eigenvalue weighted by Gasteiger charge is 2.13. The number of hydrogen-bond acceptors (Lipinski definition) is 3. The van der Waals surface area contributed by atoms with Crippen LogP contribution < -0.4 is 11.3 Å². The second kappa shape index (κ2) is 5.43. The van der Waals surface area contributed by atoms with Gasteiger partial charge in [0, 0.05) is 9.35 Å². The second-order valence-corrected chi connectivity index (χ2v) is 6.26. The molecule has 4 heteroatoms. The normalized spacial score (nSPS) is 12.7. The Hall–Kier alpha value is -1.20. The van der Waals surface area contributed by atoms with E-state index in [9.17, 15) is 0 Å². The summed E-state index contributed by atoms with van der Waals surface area (Å²) in [7, 11) is 0. The first-order valence-electron chi connectivity index (χ1n) is 5.96. The van der Waals surface area contributed by atoms with Gasteiger partial charge in [-0.25, -0.2) is 5.43 Å². The van der Waals surface area contributed by atoms with Crippen LogP contribution in [0.4, 0.5) is 0 Å². The highest BCUT2D eigenvalue weighted by Crippen LogP contribution is 2.28. The largest absolute Gasteiger partial charge is 0.271 e. The summed E-state index contributed by atoms with van der Waals surface area (Å²) in [4.78, 5) is 1.22. The van der Waals surface area contributed by atoms with Gasteiger partial charge in [0.1, 0.15) is 0 Å². The minimum atomic E-state index is 0.0491. The maximum absolute atomic E-state index is 5.71. The van der Waals surface area contributed by atoms with E-state index in [-0.39, 0.29) is 6.04 Å². The van der Waals surface area contributed by atoms with Crippen molar-refractivity contribution in [1.82, 2.24) is 5.43 Å². The first-order valence-corrected chi connectivity index (χ1v) is 7.64. The van der Waals surface area contributed by atoms with Crippen molar-refractivity contribution in [2.75, 3.05) is 0 Å². The molecule has 0 spiro atoms. The summed E-state index contributed by atoms with van der Waals surface area (Å²) in [5.74, 6) is 5.71. The first-order chi connectivity index (χ1) is 9.28. The van der Waals surface area contributed by atoms with E-state index in [1.807, 2.05) is 6.07 Å². The lowest BCUT2D eigenvalue weighted by molar-refractivity contribution is 0.647. The quantitative estimate of drug-likeness (QED) is 0.556. The van der Waals surface area contributed by atoms with Crippen LogP contribution in [0.25, 0.3) is 10.8 Å². The standard InChI is InChI=1S/C15H13BrN2S/c16-13-6-5-10-8-12(4-3-11(10)9-13)15(18-17)14-2-1-7-19-14/h1-9,15,18H,17H2. The number of halogens is 1. The zero-order valence-corrected chi connectivity index (χ0v) is 12.5. The molecule has 0 fully saturated rings. The van der Waals surface area contributed by atoms with Crippen LogP contribution in [0, 0.1) is 0 Å². The number of nitrogens with two attached hydrogens (primary N) is 1. The molecule has 3 aromatic rings. The molecule has 3 N–H and O–H groups in total. The molecule has 0 saturated heterocycles. The van der Waals surface area contributed by atoms with E-state index in [2.05, 4.69) is 69.2 Å². The molecule has 0 amide bonds. The lowest BCUT2D eigenvalue weighted by Crippen LogP contribution is -2.28. The van der Waals surface area contributed by atoms with Crippen molar-refractivity contribution in [1.29, 1.82) is 0 Å². The Morgan fingerprint density at radius 1 is 1.05 bits per heavy atom. The van der Waals surface area contributed by atoms with Crippen molar-refractivity contribution in [2.45, 2.75) is 6.04 Å². The van der Waals surface area contributed by atoms with Gasteiger partial charge in [-0.3, -0.25) is 5.84 Å². The molecule has 0 aliphatic rings. The van der Waals surface area contributed by atoms with Crippen LogP contribution in [0.3, 0.4) is 0 Å². The van der Waals surface area contributed by atoms with Crippen molar-refractivity contribution in [3.63, 3.8) is 0 Å². The molecule has 0 bridgehead atoms. The molecule has 19 heavy (non-hydrogen) atoms. The van der Waals surface area contributed by atoms with E-state index in [1.165, 1.54) is 21.2 Å². The van der Waals surface area contributed by atoms with E-state index in [4.69, 9.17) is 5.84 Å². The van der Waals surface area contributed by atoms with Crippen LogP contribution in [0.15, 0.2) is 58.4 Å². The van der Waals surface area contributed by atoms with Gasteiger partial charge in [-0.05, 0) is 46.0 Å². The molecule has 96 valence electrons. The number of hydrazine groups is 1. The minimum absolute atomic E-state index is 0.0491. The lowest BCUT2D eigenvalue weighted by atomic mass is 10.0. The third-order valence-electron chi connectivity index (χ3n) is 3.15. The van der Waals surface area contributed by atoms with Crippen LogP contribution in [0.2, 0.25) is 0 Å². The zero-order chi connectivity index (χ0) is 13.2. The van der Waals surface area contributed by atoms with Gasteiger partial charge in [-0.15, -0.1) is 11.3 Å². The molecule has 2 aromatic carbocycles. The fourth-order valence-corrected chi connectivity index (χ4v) is 3.40. The molecule has 1 aromatic heterocycles. The SMILES string of the molecule is NNC(c1ccc2cc(Br)ccc2c1)c1cccs1. The Balaban J connectivity index is 2.07. The van der Waals surface area contributed by atoms with E-state index in [0.717, 1.165) is 4.47 Å². The molecular weight excluding hydrogens is 320 g/mol.